The molecule has 1 fully saturated rings. The van der Waals surface area contributed by atoms with Crippen molar-refractivity contribution in [1.82, 2.24) is 4.90 Å². The molecule has 1 aromatic carbocycles. The molecule has 0 saturated carbocycles. The second-order valence-corrected chi connectivity index (χ2v) is 5.83. The monoisotopic (exact) mass is 273 g/mol. The van der Waals surface area contributed by atoms with Crippen molar-refractivity contribution in [3.8, 4) is 0 Å². The zero-order valence-corrected chi connectivity index (χ0v) is 11.3. The van der Waals surface area contributed by atoms with Crippen LogP contribution in [0.3, 0.4) is 0 Å². The Hall–Kier alpha value is -1.07. The van der Waals surface area contributed by atoms with E-state index >= 15 is 0 Å². The van der Waals surface area contributed by atoms with Crippen molar-refractivity contribution in [2.75, 3.05) is 13.3 Å². The van der Waals surface area contributed by atoms with Crippen LogP contribution >= 0.6 is 0 Å². The Morgan fingerprint density at radius 2 is 1.68 bits per heavy atom. The fraction of sp³-hybridized carbons (Fsp3) is 0.571. The van der Waals surface area contributed by atoms with Crippen LogP contribution in [0.1, 0.15) is 26.3 Å². The van der Waals surface area contributed by atoms with Crippen LogP contribution in [0.4, 0.5) is 13.2 Å². The third-order valence-corrected chi connectivity index (χ3v) is 3.53. The zero-order valence-electron chi connectivity index (χ0n) is 11.3. The van der Waals surface area contributed by atoms with Gasteiger partial charge in [0, 0.05) is 12.1 Å². The highest BCUT2D eigenvalue weighted by molar-refractivity contribution is 5.26. The summed E-state index contributed by atoms with van der Waals surface area (Å²) in [7, 11) is 0. The molecule has 0 amide bonds. The van der Waals surface area contributed by atoms with Gasteiger partial charge in [-0.3, -0.25) is 4.90 Å². The predicted octanol–water partition coefficient (Wildman–Crippen LogP) is 3.53. The van der Waals surface area contributed by atoms with E-state index in [4.69, 9.17) is 4.74 Å². The summed E-state index contributed by atoms with van der Waals surface area (Å²) in [5, 5.41) is 0. The lowest BCUT2D eigenvalue weighted by molar-refractivity contribution is -0.264. The van der Waals surface area contributed by atoms with Gasteiger partial charge in [-0.05, 0) is 26.3 Å². The van der Waals surface area contributed by atoms with Crippen LogP contribution in [-0.2, 0) is 10.3 Å². The lowest BCUT2D eigenvalue weighted by Gasteiger charge is -2.34. The van der Waals surface area contributed by atoms with Gasteiger partial charge in [0.05, 0.1) is 0 Å². The lowest BCUT2D eigenvalue weighted by atomic mass is 9.92. The largest absolute Gasteiger partial charge is 0.423 e. The Morgan fingerprint density at radius 1 is 1.11 bits per heavy atom. The Bertz CT molecular complexity index is 438. The average molecular weight is 273 g/mol. The first kappa shape index (κ1) is 14.3. The minimum atomic E-state index is -4.44. The maximum absolute atomic E-state index is 13.5. The summed E-state index contributed by atoms with van der Waals surface area (Å²) in [5.41, 5.74) is -2.42. The van der Waals surface area contributed by atoms with Gasteiger partial charge in [-0.25, -0.2) is 0 Å². The first-order valence-corrected chi connectivity index (χ1v) is 6.18. The quantitative estimate of drug-likeness (QED) is 0.776. The molecule has 0 aliphatic carbocycles. The summed E-state index contributed by atoms with van der Waals surface area (Å²) in [6.07, 6.45) is -4.44. The highest BCUT2D eigenvalue weighted by atomic mass is 19.4. The minimum absolute atomic E-state index is 0.0160. The zero-order chi connectivity index (χ0) is 14.3. The van der Waals surface area contributed by atoms with Crippen molar-refractivity contribution >= 4 is 0 Å². The van der Waals surface area contributed by atoms with Gasteiger partial charge in [0.1, 0.15) is 6.73 Å². The SMILES string of the molecule is CC(C)(C)N1COC(c2ccccc2)(C(F)(F)F)C1. The molecular formula is C14H18F3NO. The van der Waals surface area contributed by atoms with E-state index in [1.165, 1.54) is 12.1 Å². The summed E-state index contributed by atoms with van der Waals surface area (Å²) in [4.78, 5) is 1.70. The van der Waals surface area contributed by atoms with Crippen LogP contribution in [0.5, 0.6) is 0 Å². The second-order valence-electron chi connectivity index (χ2n) is 5.83. The standard InChI is InChI=1S/C14H18F3NO/c1-12(2,3)18-9-13(19-10-18,14(15,16)17)11-7-5-4-6-8-11/h4-8H,9-10H2,1-3H3. The molecule has 1 unspecified atom stereocenters. The summed E-state index contributed by atoms with van der Waals surface area (Å²) < 4.78 is 45.8. The number of hydrogen-bond acceptors (Lipinski definition) is 2. The van der Waals surface area contributed by atoms with Gasteiger partial charge >= 0.3 is 6.18 Å². The molecule has 1 aromatic rings. The molecule has 0 radical (unpaired) electrons. The van der Waals surface area contributed by atoms with Gasteiger partial charge in [-0.1, -0.05) is 30.3 Å². The first-order chi connectivity index (χ1) is 8.67. The molecule has 106 valence electrons. The van der Waals surface area contributed by atoms with Crippen LogP contribution in [0.2, 0.25) is 0 Å². The highest BCUT2D eigenvalue weighted by Crippen LogP contribution is 2.46. The fourth-order valence-electron chi connectivity index (χ4n) is 2.20. The number of nitrogens with zero attached hydrogens (tertiary/aromatic N) is 1. The van der Waals surface area contributed by atoms with Crippen LogP contribution in [0, 0.1) is 0 Å². The molecule has 0 aromatic heterocycles. The average Bonchev–Trinajstić information content (AvgIpc) is 2.75. The second kappa shape index (κ2) is 4.49. The summed E-state index contributed by atoms with van der Waals surface area (Å²) in [5.74, 6) is 0. The Balaban J connectivity index is 2.41. The molecular weight excluding hydrogens is 255 g/mol. The topological polar surface area (TPSA) is 12.5 Å². The third-order valence-electron chi connectivity index (χ3n) is 3.53. The van der Waals surface area contributed by atoms with Crippen LogP contribution in [0.15, 0.2) is 30.3 Å². The summed E-state index contributed by atoms with van der Waals surface area (Å²) >= 11 is 0. The van der Waals surface area contributed by atoms with Gasteiger partial charge in [0.25, 0.3) is 0 Å². The molecule has 2 nitrogen and oxygen atoms in total. The molecule has 2 rings (SSSR count). The van der Waals surface area contributed by atoms with Crippen LogP contribution in [0.25, 0.3) is 0 Å². The van der Waals surface area contributed by atoms with Gasteiger partial charge < -0.3 is 4.74 Å². The van der Waals surface area contributed by atoms with Crippen molar-refractivity contribution in [2.24, 2.45) is 0 Å². The van der Waals surface area contributed by atoms with Crippen molar-refractivity contribution in [2.45, 2.75) is 38.1 Å². The Morgan fingerprint density at radius 3 is 2.11 bits per heavy atom. The van der Waals surface area contributed by atoms with Gasteiger partial charge in [-0.2, -0.15) is 13.2 Å². The van der Waals surface area contributed by atoms with E-state index in [9.17, 15) is 13.2 Å². The van der Waals surface area contributed by atoms with Crippen molar-refractivity contribution in [1.29, 1.82) is 0 Å². The van der Waals surface area contributed by atoms with E-state index in [0.29, 0.717) is 0 Å². The molecule has 0 bridgehead atoms. The van der Waals surface area contributed by atoms with Crippen molar-refractivity contribution < 1.29 is 17.9 Å². The summed E-state index contributed by atoms with van der Waals surface area (Å²) in [6, 6.07) is 7.85. The van der Waals surface area contributed by atoms with Crippen LogP contribution in [-0.4, -0.2) is 29.9 Å². The van der Waals surface area contributed by atoms with E-state index in [1.807, 2.05) is 20.8 Å². The molecule has 1 heterocycles. The van der Waals surface area contributed by atoms with Crippen molar-refractivity contribution in [3.05, 3.63) is 35.9 Å². The fourth-order valence-corrected chi connectivity index (χ4v) is 2.20. The van der Waals surface area contributed by atoms with Crippen molar-refractivity contribution in [3.63, 3.8) is 0 Å². The summed E-state index contributed by atoms with van der Waals surface area (Å²) in [6.45, 7) is 5.46. The normalized spacial score (nSPS) is 25.8. The molecule has 5 heteroatoms. The lowest BCUT2D eigenvalue weighted by Crippen LogP contribution is -2.48. The Kier molecular flexibility index (Phi) is 3.39. The van der Waals surface area contributed by atoms with E-state index in [-0.39, 0.29) is 24.4 Å². The smallest absolute Gasteiger partial charge is 0.344 e. The number of benzene rings is 1. The van der Waals surface area contributed by atoms with Gasteiger partial charge in [0.15, 0.2) is 0 Å². The number of rotatable bonds is 1. The number of ether oxygens (including phenoxy) is 1. The van der Waals surface area contributed by atoms with Gasteiger partial charge in [0.2, 0.25) is 5.60 Å². The Labute approximate surface area is 111 Å². The molecule has 1 aliphatic heterocycles. The molecule has 19 heavy (non-hydrogen) atoms. The van der Waals surface area contributed by atoms with E-state index in [2.05, 4.69) is 0 Å². The van der Waals surface area contributed by atoms with E-state index < -0.39 is 11.8 Å². The van der Waals surface area contributed by atoms with E-state index in [1.54, 1.807) is 23.1 Å². The number of alkyl halides is 3. The third kappa shape index (κ3) is 2.49. The molecule has 1 saturated heterocycles. The van der Waals surface area contributed by atoms with E-state index in [0.717, 1.165) is 0 Å². The molecule has 0 N–H and O–H groups in total. The number of hydrogen-bond donors (Lipinski definition) is 0. The van der Waals surface area contributed by atoms with Crippen LogP contribution < -0.4 is 0 Å². The van der Waals surface area contributed by atoms with Gasteiger partial charge in [-0.15, -0.1) is 0 Å². The predicted molar refractivity (Wildman–Crippen MR) is 66.6 cm³/mol. The maximum Gasteiger partial charge on any atom is 0.423 e. The molecule has 1 aliphatic rings. The highest BCUT2D eigenvalue weighted by Gasteiger charge is 2.61. The molecule has 0 spiro atoms. The minimum Gasteiger partial charge on any atom is -0.344 e. The maximum atomic E-state index is 13.5. The first-order valence-electron chi connectivity index (χ1n) is 6.18. The number of halogens is 3. The molecule has 1 atom stereocenters.